The smallest absolute Gasteiger partial charge is 0.245 e. The van der Waals surface area contributed by atoms with Crippen LogP contribution in [0, 0.1) is 5.41 Å². The Bertz CT molecular complexity index is 1990. The highest BCUT2D eigenvalue weighted by Gasteiger charge is 2.41. The lowest BCUT2D eigenvalue weighted by molar-refractivity contribution is -0.143. The van der Waals surface area contributed by atoms with Crippen molar-refractivity contribution in [2.24, 2.45) is 17.2 Å². The third-order valence-corrected chi connectivity index (χ3v) is 12.6. The van der Waals surface area contributed by atoms with Gasteiger partial charge in [0.25, 0.3) is 0 Å². The predicted molar refractivity (Wildman–Crippen MR) is 256 cm³/mol. The molecule has 0 saturated carbocycles. The van der Waals surface area contributed by atoms with E-state index < -0.39 is 133 Å². The number of primary amides is 1. The van der Waals surface area contributed by atoms with Gasteiger partial charge >= 0.3 is 0 Å². The lowest BCUT2D eigenvalue weighted by Gasteiger charge is -2.30. The largest absolute Gasteiger partial charge is 0.394 e. The highest BCUT2D eigenvalue weighted by molar-refractivity contribution is 5.98. The SMILES string of the molecule is CC(NC(=O)[C@@H](NC(=O)C(CO)NC(=O)CNC(=O)[C@@H]1CCCN1C(=O)[C@H](C)NC(=O)[C@@H]1CCCN1C(=O)[C@@H](N)CCCNC(=N)N)C(C)O)C(=O)N1CCC[C@H]1C(=O)NCCCCC(=O)N[C@@H](C)C(N)=O. The molecule has 3 heterocycles. The average molecular weight is 1020 g/mol. The molecule has 3 rings (SSSR count). The van der Waals surface area contributed by atoms with Gasteiger partial charge in [-0.2, -0.15) is 0 Å². The van der Waals surface area contributed by atoms with Crippen molar-refractivity contribution >= 4 is 70.9 Å². The summed E-state index contributed by atoms with van der Waals surface area (Å²) >= 11 is 0. The van der Waals surface area contributed by atoms with Gasteiger partial charge in [-0.1, -0.05) is 0 Å². The van der Waals surface area contributed by atoms with Crippen LogP contribution in [-0.2, 0) is 52.7 Å². The number of likely N-dealkylation sites (tertiary alicyclic amines) is 3. The van der Waals surface area contributed by atoms with Crippen molar-refractivity contribution in [2.45, 2.75) is 159 Å². The van der Waals surface area contributed by atoms with E-state index in [0.717, 1.165) is 0 Å². The molecule has 0 aliphatic carbocycles. The summed E-state index contributed by atoms with van der Waals surface area (Å²) in [5, 5.41) is 47.5. The van der Waals surface area contributed by atoms with Crippen LogP contribution in [0.1, 0.15) is 98.3 Å². The number of unbranched alkanes of at least 4 members (excludes halogenated alkanes) is 1. The van der Waals surface area contributed by atoms with Gasteiger partial charge in [-0.25, -0.2) is 0 Å². The molecule has 72 heavy (non-hydrogen) atoms. The summed E-state index contributed by atoms with van der Waals surface area (Å²) in [7, 11) is 0. The highest BCUT2D eigenvalue weighted by atomic mass is 16.3. The van der Waals surface area contributed by atoms with Crippen LogP contribution in [0.25, 0.3) is 0 Å². The summed E-state index contributed by atoms with van der Waals surface area (Å²) in [5.41, 5.74) is 16.5. The molecule has 3 fully saturated rings. The van der Waals surface area contributed by atoms with Gasteiger partial charge in [0.1, 0.15) is 48.3 Å². The summed E-state index contributed by atoms with van der Waals surface area (Å²) in [5.74, 6) is -7.55. The topological polar surface area (TPSA) is 436 Å². The molecular weight excluding hydrogens is 947 g/mol. The highest BCUT2D eigenvalue weighted by Crippen LogP contribution is 2.22. The number of hydrogen-bond acceptors (Lipinski definition) is 15. The van der Waals surface area contributed by atoms with E-state index in [2.05, 4.69) is 42.5 Å². The fourth-order valence-electron chi connectivity index (χ4n) is 8.53. The van der Waals surface area contributed by atoms with Gasteiger partial charge in [0, 0.05) is 39.1 Å². The Morgan fingerprint density at radius 3 is 1.64 bits per heavy atom. The minimum absolute atomic E-state index is 0.108. The summed E-state index contributed by atoms with van der Waals surface area (Å²) in [4.78, 5) is 146. The molecule has 0 aromatic rings. The molecule has 3 saturated heterocycles. The van der Waals surface area contributed by atoms with Crippen LogP contribution in [0.4, 0.5) is 0 Å². The number of nitrogens with one attached hydrogen (secondary N) is 9. The number of guanidine groups is 1. The summed E-state index contributed by atoms with van der Waals surface area (Å²) in [6.45, 7) is 5.05. The first kappa shape index (κ1) is 59.6. The van der Waals surface area contributed by atoms with Gasteiger partial charge < -0.3 is 84.6 Å². The Balaban J connectivity index is 1.46. The molecule has 0 bridgehead atoms. The van der Waals surface area contributed by atoms with Crippen LogP contribution in [0.15, 0.2) is 0 Å². The second kappa shape index (κ2) is 29.0. The summed E-state index contributed by atoms with van der Waals surface area (Å²) < 4.78 is 0. The molecule has 404 valence electrons. The number of nitrogens with zero attached hydrogens (tertiary/aromatic N) is 3. The predicted octanol–water partition coefficient (Wildman–Crippen LogP) is -6.71. The minimum atomic E-state index is -1.67. The van der Waals surface area contributed by atoms with Gasteiger partial charge in [0.05, 0.1) is 25.3 Å². The number of carbonyl (C=O) groups is 11. The number of aliphatic hydroxyl groups is 2. The molecule has 28 nitrogen and oxygen atoms in total. The first-order chi connectivity index (χ1) is 34.0. The molecule has 3 aliphatic rings. The van der Waals surface area contributed by atoms with Gasteiger partial charge in [0.15, 0.2) is 5.96 Å². The molecule has 3 aliphatic heterocycles. The fraction of sp³-hybridized carbons (Fsp3) is 0.727. The van der Waals surface area contributed by atoms with Crippen LogP contribution in [-0.4, -0.2) is 202 Å². The van der Waals surface area contributed by atoms with E-state index in [1.807, 2.05) is 0 Å². The van der Waals surface area contributed by atoms with Crippen molar-refractivity contribution in [1.29, 1.82) is 5.41 Å². The molecule has 3 unspecified atom stereocenters. The third kappa shape index (κ3) is 17.9. The zero-order valence-corrected chi connectivity index (χ0v) is 41.5. The Morgan fingerprint density at radius 1 is 0.597 bits per heavy atom. The van der Waals surface area contributed by atoms with E-state index in [1.165, 1.54) is 42.4 Å². The van der Waals surface area contributed by atoms with Crippen LogP contribution in [0.3, 0.4) is 0 Å². The quantitative estimate of drug-likeness (QED) is 0.0207. The van der Waals surface area contributed by atoms with Crippen LogP contribution in [0.2, 0.25) is 0 Å². The van der Waals surface area contributed by atoms with Gasteiger partial charge in [0.2, 0.25) is 65.0 Å². The molecule has 28 heteroatoms. The van der Waals surface area contributed by atoms with E-state index in [0.29, 0.717) is 64.5 Å². The maximum absolute atomic E-state index is 13.5. The zero-order chi connectivity index (χ0) is 53.8. The molecule has 17 N–H and O–H groups in total. The van der Waals surface area contributed by atoms with Gasteiger partial charge in [-0.3, -0.25) is 58.1 Å². The average Bonchev–Trinajstić information content (AvgIpc) is 4.14. The van der Waals surface area contributed by atoms with Crippen LogP contribution < -0.4 is 59.7 Å². The lowest BCUT2D eigenvalue weighted by atomic mass is 10.1. The zero-order valence-electron chi connectivity index (χ0n) is 41.5. The summed E-state index contributed by atoms with van der Waals surface area (Å²) in [6.07, 6.45) is 2.58. The molecule has 0 aromatic carbocycles. The monoisotopic (exact) mass is 1020 g/mol. The Kier molecular flexibility index (Phi) is 24.0. The van der Waals surface area contributed by atoms with Crippen molar-refractivity contribution in [3.63, 3.8) is 0 Å². The maximum Gasteiger partial charge on any atom is 0.245 e. The molecular formula is C44H75N15O13. The summed E-state index contributed by atoms with van der Waals surface area (Å²) in [6, 6.07) is -10.1. The van der Waals surface area contributed by atoms with E-state index in [-0.39, 0.29) is 50.8 Å². The molecule has 0 radical (unpaired) electrons. The normalized spacial score (nSPS) is 20.3. The Labute approximate surface area is 417 Å². The maximum atomic E-state index is 13.5. The molecule has 11 amide bonds. The number of carbonyl (C=O) groups excluding carboxylic acids is 11. The van der Waals surface area contributed by atoms with E-state index >= 15 is 0 Å². The first-order valence-corrected chi connectivity index (χ1v) is 24.4. The van der Waals surface area contributed by atoms with Crippen molar-refractivity contribution in [2.75, 3.05) is 45.9 Å². The van der Waals surface area contributed by atoms with Crippen LogP contribution >= 0.6 is 0 Å². The number of hydrogen-bond donors (Lipinski definition) is 14. The van der Waals surface area contributed by atoms with Crippen molar-refractivity contribution in [3.05, 3.63) is 0 Å². The third-order valence-electron chi connectivity index (χ3n) is 12.6. The number of amides is 11. The first-order valence-electron chi connectivity index (χ1n) is 24.4. The standard InChI is InChI=1S/C44H75N15O13/c1-23(35(46)64)52-32(62)15-5-6-16-49-37(66)29-12-8-18-57(29)42(71)25(3)54-40(69)34(26(4)61)56-36(65)28(22-60)55-33(63)21-51-38(67)30-13-9-19-58(30)41(70)24(2)53-39(68)31-14-10-20-59(31)43(72)27(45)11-7-17-50-44(47)48/h23-31,34,60-61H,5-22,45H2,1-4H3,(H2,46,64)(H,49,66)(H,51,67)(H,52,62)(H,53,68)(H,54,69)(H,55,63)(H,56,65)(H4,47,48,50)/t23-,24-,25?,26?,27-,28?,29-,30-,31-,34-/m0/s1. The van der Waals surface area contributed by atoms with Crippen LogP contribution in [0.5, 0.6) is 0 Å². The number of rotatable bonds is 27. The molecule has 0 aromatic heterocycles. The van der Waals surface area contributed by atoms with E-state index in [4.69, 9.17) is 22.6 Å². The van der Waals surface area contributed by atoms with E-state index in [1.54, 1.807) is 0 Å². The fourth-order valence-corrected chi connectivity index (χ4v) is 8.53. The molecule has 0 spiro atoms. The van der Waals surface area contributed by atoms with E-state index in [9.17, 15) is 63.0 Å². The minimum Gasteiger partial charge on any atom is -0.394 e. The molecule has 10 atom stereocenters. The second-order valence-corrected chi connectivity index (χ2v) is 18.3. The second-order valence-electron chi connectivity index (χ2n) is 18.3. The van der Waals surface area contributed by atoms with Gasteiger partial charge in [-0.05, 0) is 91.9 Å². The van der Waals surface area contributed by atoms with Crippen molar-refractivity contribution in [3.8, 4) is 0 Å². The Hall–Kier alpha value is -6.68. The number of nitrogens with two attached hydrogens (primary N) is 3. The lowest BCUT2D eigenvalue weighted by Crippen LogP contribution is -2.61. The Morgan fingerprint density at radius 2 is 1.11 bits per heavy atom. The van der Waals surface area contributed by atoms with Crippen molar-refractivity contribution < 1.29 is 63.0 Å². The number of aliphatic hydroxyl groups excluding tert-OH is 2. The van der Waals surface area contributed by atoms with Gasteiger partial charge in [-0.15, -0.1) is 0 Å². The van der Waals surface area contributed by atoms with Crippen molar-refractivity contribution in [1.82, 2.24) is 57.2 Å².